The van der Waals surface area contributed by atoms with Gasteiger partial charge < -0.3 is 89.7 Å². The van der Waals surface area contributed by atoms with Crippen LogP contribution < -0.4 is 0 Å². The number of hydrogen-bond donors (Lipinski definition) is 12. The molecule has 3 saturated heterocycles. The van der Waals surface area contributed by atoms with E-state index in [2.05, 4.69) is 47.6 Å². The molecule has 18 heteroatoms. The lowest BCUT2D eigenvalue weighted by Crippen LogP contribution is -2.71. The van der Waals surface area contributed by atoms with E-state index in [-0.39, 0.29) is 30.5 Å². The smallest absolute Gasteiger partial charge is 0.187 e. The molecule has 8 rings (SSSR count). The SMILES string of the molecule is CC1(C)CC[C@]2(C)[C@@H](O[C@@H]3O[C@H](CO)[C@@H](O)[C@H](O)[C@@H]3O[C@@H]3OC[C@H](O)[C@H](O)[C@H]3O)C[C@]3(C)C(=CC[C@@H]4[C@@]5(C)CC[C@H](O[C@@H]6O[C@H](CO)[C@@H](O)[C@H](O)[C@H]6O)[C@@](C)(CO)[C@@H]5[C@H](O)C[C@]43C)[C@@H]2C1. The van der Waals surface area contributed by atoms with Crippen molar-refractivity contribution in [1.29, 1.82) is 0 Å². The lowest BCUT2D eigenvalue weighted by atomic mass is 9.33. The molecule has 0 aromatic carbocycles. The Balaban J connectivity index is 1.13. The van der Waals surface area contributed by atoms with Crippen LogP contribution >= 0.6 is 0 Å². The zero-order valence-corrected chi connectivity index (χ0v) is 38.9. The van der Waals surface area contributed by atoms with Crippen LogP contribution in [-0.2, 0) is 28.4 Å². The predicted molar refractivity (Wildman–Crippen MR) is 227 cm³/mol. The van der Waals surface area contributed by atoms with Gasteiger partial charge in [-0.15, -0.1) is 0 Å². The zero-order valence-electron chi connectivity index (χ0n) is 38.9. The average Bonchev–Trinajstić information content (AvgIpc) is 3.25. The molecule has 4 saturated carbocycles. The van der Waals surface area contributed by atoms with Crippen LogP contribution in [-0.4, -0.2) is 192 Å². The number of rotatable bonds is 9. The van der Waals surface area contributed by atoms with E-state index in [0.29, 0.717) is 25.7 Å². The van der Waals surface area contributed by atoms with E-state index >= 15 is 0 Å². The van der Waals surface area contributed by atoms with E-state index in [0.717, 1.165) is 25.7 Å². The second-order valence-corrected chi connectivity index (χ2v) is 23.3. The zero-order chi connectivity index (χ0) is 47.6. The average molecular weight is 931 g/mol. The maximum atomic E-state index is 12.7. The van der Waals surface area contributed by atoms with Crippen LogP contribution in [0.5, 0.6) is 0 Å². The van der Waals surface area contributed by atoms with Crippen molar-refractivity contribution >= 4 is 0 Å². The van der Waals surface area contributed by atoms with Gasteiger partial charge in [0.1, 0.15) is 67.1 Å². The summed E-state index contributed by atoms with van der Waals surface area (Å²) in [6.45, 7) is 13.4. The Kier molecular flexibility index (Phi) is 13.7. The van der Waals surface area contributed by atoms with Crippen molar-refractivity contribution in [2.75, 3.05) is 26.4 Å². The van der Waals surface area contributed by atoms with Crippen LogP contribution in [0, 0.1) is 50.2 Å². The van der Waals surface area contributed by atoms with Gasteiger partial charge in [0.15, 0.2) is 18.9 Å². The van der Waals surface area contributed by atoms with E-state index in [4.69, 9.17) is 28.4 Å². The third-order valence-electron chi connectivity index (χ3n) is 19.1. The van der Waals surface area contributed by atoms with E-state index in [1.54, 1.807) is 0 Å². The molecule has 0 bridgehead atoms. The van der Waals surface area contributed by atoms with Crippen molar-refractivity contribution in [1.82, 2.24) is 0 Å². The van der Waals surface area contributed by atoms with Gasteiger partial charge in [-0.25, -0.2) is 0 Å². The number of ether oxygens (including phenoxy) is 6. The molecule has 374 valence electrons. The fraction of sp³-hybridized carbons (Fsp3) is 0.957. The molecular weight excluding hydrogens is 852 g/mol. The summed E-state index contributed by atoms with van der Waals surface area (Å²) < 4.78 is 37.2. The molecule has 0 radical (unpaired) electrons. The Hall–Kier alpha value is -0.980. The van der Waals surface area contributed by atoms with Gasteiger partial charge in [0, 0.05) is 16.7 Å². The molecule has 7 fully saturated rings. The van der Waals surface area contributed by atoms with Crippen molar-refractivity contribution in [3.8, 4) is 0 Å². The van der Waals surface area contributed by atoms with Crippen molar-refractivity contribution in [2.45, 2.75) is 204 Å². The third kappa shape index (κ3) is 7.84. The standard InChI is InChI=1S/C47H78O18/c1-42(2)12-13-43(3)22(14-42)21-8-9-27-44(4)11-10-28(63-40-36(59)33(56)31(54)25(17-48)61-40)45(5,20-50)38(44)23(51)15-47(27,7)46(21,6)16-29(43)64-41-37(34(57)32(55)26(18-49)62-41)65-39-35(58)30(53)24(52)19-60-39/h8,22-41,48-59H,9-20H2,1-7H3/t22-,23+,24-,25+,26+,27+,28-,29-,30-,31+,32+,33-,34-,35+,36+,37-,38+,39-,40-,41-,43-,44+,45+,46+,47+/m0/s1. The first-order valence-electron chi connectivity index (χ1n) is 23.9. The summed E-state index contributed by atoms with van der Waals surface area (Å²) >= 11 is 0. The van der Waals surface area contributed by atoms with Gasteiger partial charge in [0.2, 0.25) is 0 Å². The molecule has 5 aliphatic carbocycles. The maximum absolute atomic E-state index is 12.7. The Morgan fingerprint density at radius 3 is 1.86 bits per heavy atom. The summed E-state index contributed by atoms with van der Waals surface area (Å²) in [5.41, 5.74) is -1.90. The minimum absolute atomic E-state index is 0.0118. The van der Waals surface area contributed by atoms with Crippen molar-refractivity contribution in [3.63, 3.8) is 0 Å². The summed E-state index contributed by atoms with van der Waals surface area (Å²) in [5, 5.41) is 130. The Morgan fingerprint density at radius 1 is 0.600 bits per heavy atom. The van der Waals surface area contributed by atoms with Crippen LogP contribution in [0.25, 0.3) is 0 Å². The van der Waals surface area contributed by atoms with Crippen LogP contribution in [0.1, 0.15) is 99.8 Å². The Bertz CT molecular complexity index is 1730. The molecular formula is C47H78O18. The monoisotopic (exact) mass is 931 g/mol. The first-order valence-corrected chi connectivity index (χ1v) is 23.9. The van der Waals surface area contributed by atoms with Crippen LogP contribution in [0.4, 0.5) is 0 Å². The van der Waals surface area contributed by atoms with E-state index in [9.17, 15) is 61.3 Å². The minimum atomic E-state index is -1.70. The lowest BCUT2D eigenvalue weighted by molar-refractivity contribution is -0.371. The van der Waals surface area contributed by atoms with E-state index in [1.807, 2.05) is 6.92 Å². The van der Waals surface area contributed by atoms with Gasteiger partial charge in [-0.1, -0.05) is 60.1 Å². The highest BCUT2D eigenvalue weighted by Crippen LogP contribution is 2.76. The second kappa shape index (κ2) is 17.7. The summed E-state index contributed by atoms with van der Waals surface area (Å²) in [6.07, 6.45) is -15.6. The molecule has 0 amide bonds. The highest BCUT2D eigenvalue weighted by atomic mass is 16.8. The maximum Gasteiger partial charge on any atom is 0.187 e. The molecule has 0 aromatic rings. The molecule has 12 N–H and O–H groups in total. The van der Waals surface area contributed by atoms with Crippen molar-refractivity contribution < 1.29 is 89.7 Å². The minimum Gasteiger partial charge on any atom is -0.396 e. The Morgan fingerprint density at radius 2 is 1.22 bits per heavy atom. The molecule has 0 aromatic heterocycles. The van der Waals surface area contributed by atoms with E-state index in [1.165, 1.54) is 5.57 Å². The molecule has 25 atom stereocenters. The normalized spacial score (nSPS) is 56.7. The van der Waals surface area contributed by atoms with E-state index < -0.39 is 151 Å². The molecule has 3 heterocycles. The Labute approximate surface area is 381 Å². The second-order valence-electron chi connectivity index (χ2n) is 23.3. The molecule has 3 aliphatic heterocycles. The van der Waals surface area contributed by atoms with Crippen molar-refractivity contribution in [3.05, 3.63) is 11.6 Å². The molecule has 18 nitrogen and oxygen atoms in total. The van der Waals surface area contributed by atoms with Crippen LogP contribution in [0.3, 0.4) is 0 Å². The van der Waals surface area contributed by atoms with Gasteiger partial charge in [0.05, 0.1) is 44.7 Å². The first kappa shape index (κ1) is 50.4. The molecule has 0 spiro atoms. The van der Waals surface area contributed by atoms with Gasteiger partial charge in [-0.3, -0.25) is 0 Å². The fourth-order valence-electron chi connectivity index (χ4n) is 15.0. The number of fused-ring (bicyclic) bond motifs is 7. The number of allylic oxidation sites excluding steroid dienone is 2. The van der Waals surface area contributed by atoms with Gasteiger partial charge >= 0.3 is 0 Å². The number of hydrogen-bond acceptors (Lipinski definition) is 18. The topological polar surface area (TPSA) is 298 Å². The number of aliphatic hydroxyl groups is 12. The van der Waals surface area contributed by atoms with Gasteiger partial charge in [-0.05, 0) is 84.9 Å². The molecule has 65 heavy (non-hydrogen) atoms. The summed E-state index contributed by atoms with van der Waals surface area (Å²) in [4.78, 5) is 0. The third-order valence-corrected chi connectivity index (χ3v) is 19.1. The molecule has 0 unspecified atom stereocenters. The first-order chi connectivity index (χ1) is 30.4. The van der Waals surface area contributed by atoms with Crippen LogP contribution in [0.2, 0.25) is 0 Å². The van der Waals surface area contributed by atoms with Gasteiger partial charge in [-0.2, -0.15) is 0 Å². The highest BCUT2D eigenvalue weighted by Gasteiger charge is 2.72. The highest BCUT2D eigenvalue weighted by molar-refractivity contribution is 5.35. The summed E-state index contributed by atoms with van der Waals surface area (Å²) in [6, 6.07) is 0. The largest absolute Gasteiger partial charge is 0.396 e. The number of aliphatic hydroxyl groups excluding tert-OH is 12. The lowest BCUT2D eigenvalue weighted by Gasteiger charge is -2.73. The predicted octanol–water partition coefficient (Wildman–Crippen LogP) is -0.805. The molecule has 8 aliphatic rings. The van der Waals surface area contributed by atoms with Gasteiger partial charge in [0.25, 0.3) is 0 Å². The summed E-state index contributed by atoms with van der Waals surface area (Å²) in [7, 11) is 0. The quantitative estimate of drug-likeness (QED) is 0.0995. The van der Waals surface area contributed by atoms with Crippen LogP contribution in [0.15, 0.2) is 11.6 Å². The summed E-state index contributed by atoms with van der Waals surface area (Å²) in [5.74, 6) is -0.473. The fourth-order valence-corrected chi connectivity index (χ4v) is 15.0. The van der Waals surface area contributed by atoms with Crippen molar-refractivity contribution in [2.24, 2.45) is 50.2 Å².